The zero-order valence-electron chi connectivity index (χ0n) is 11.6. The topological polar surface area (TPSA) is 26.3 Å². The van der Waals surface area contributed by atoms with Gasteiger partial charge in [0.05, 0.1) is 0 Å². The van der Waals surface area contributed by atoms with Crippen molar-refractivity contribution in [2.75, 3.05) is 6.61 Å². The van der Waals surface area contributed by atoms with Crippen molar-refractivity contribution in [3.63, 3.8) is 0 Å². The molecule has 1 aliphatic carbocycles. The van der Waals surface area contributed by atoms with Crippen molar-refractivity contribution in [3.05, 3.63) is 63.9 Å². The van der Waals surface area contributed by atoms with Crippen LogP contribution in [0.1, 0.15) is 38.2 Å². The van der Waals surface area contributed by atoms with E-state index >= 15 is 0 Å². The van der Waals surface area contributed by atoms with E-state index in [0.29, 0.717) is 18.3 Å². The number of hydrogen-bond acceptors (Lipinski definition) is 2. The Hall–Kier alpha value is -1.83. The molecule has 0 unspecified atom stereocenters. The van der Waals surface area contributed by atoms with Gasteiger partial charge in [0.15, 0.2) is 5.75 Å². The summed E-state index contributed by atoms with van der Waals surface area (Å²) in [7, 11) is 0. The van der Waals surface area contributed by atoms with Gasteiger partial charge in [-0.1, -0.05) is 44.2 Å². The summed E-state index contributed by atoms with van der Waals surface area (Å²) in [6, 6.07) is 7.28. The standard InChI is InChI=1S/C17H20O2/c1-13(2)15-9-6-10-17(16(18)11-15)19-12-14-7-4-3-5-8-14/h4,6-11,13H,3,5,12H2,1-2H3. The molecule has 0 fully saturated rings. The van der Waals surface area contributed by atoms with Gasteiger partial charge in [0.1, 0.15) is 6.61 Å². The molecule has 0 amide bonds. The molecule has 0 radical (unpaired) electrons. The van der Waals surface area contributed by atoms with E-state index < -0.39 is 0 Å². The molecule has 2 heteroatoms. The Kier molecular flexibility index (Phi) is 4.56. The molecule has 0 saturated carbocycles. The van der Waals surface area contributed by atoms with Gasteiger partial charge in [0.2, 0.25) is 5.43 Å². The highest BCUT2D eigenvalue weighted by Crippen LogP contribution is 2.14. The molecule has 2 nitrogen and oxygen atoms in total. The second-order valence-corrected chi connectivity index (χ2v) is 5.10. The lowest BCUT2D eigenvalue weighted by molar-refractivity contribution is 0.352. The van der Waals surface area contributed by atoms with Crippen LogP contribution < -0.4 is 10.2 Å². The van der Waals surface area contributed by atoms with Crippen LogP contribution in [0.5, 0.6) is 5.75 Å². The average molecular weight is 256 g/mol. The third-order valence-electron chi connectivity index (χ3n) is 3.21. The third-order valence-corrected chi connectivity index (χ3v) is 3.21. The van der Waals surface area contributed by atoms with Crippen LogP contribution in [0.2, 0.25) is 0 Å². The monoisotopic (exact) mass is 256 g/mol. The van der Waals surface area contributed by atoms with E-state index in [0.717, 1.165) is 24.0 Å². The van der Waals surface area contributed by atoms with Crippen LogP contribution in [0.25, 0.3) is 0 Å². The maximum Gasteiger partial charge on any atom is 0.220 e. The fourth-order valence-corrected chi connectivity index (χ4v) is 2.01. The van der Waals surface area contributed by atoms with Crippen LogP contribution >= 0.6 is 0 Å². The third kappa shape index (κ3) is 3.82. The molecule has 1 aromatic carbocycles. The zero-order chi connectivity index (χ0) is 13.7. The first-order valence-electron chi connectivity index (χ1n) is 6.79. The van der Waals surface area contributed by atoms with Gasteiger partial charge in [0.25, 0.3) is 0 Å². The summed E-state index contributed by atoms with van der Waals surface area (Å²) >= 11 is 0. The lowest BCUT2D eigenvalue weighted by atomic mass is 10.1. The smallest absolute Gasteiger partial charge is 0.220 e. The van der Waals surface area contributed by atoms with E-state index in [2.05, 4.69) is 32.1 Å². The Bertz CT molecular complexity index is 553. The van der Waals surface area contributed by atoms with Gasteiger partial charge in [-0.15, -0.1) is 0 Å². The number of rotatable bonds is 4. The highest BCUT2D eigenvalue weighted by Gasteiger charge is 2.04. The Labute approximate surface area is 114 Å². The van der Waals surface area contributed by atoms with E-state index in [9.17, 15) is 4.79 Å². The second kappa shape index (κ2) is 6.37. The minimum Gasteiger partial charge on any atom is -0.485 e. The lowest BCUT2D eigenvalue weighted by Crippen LogP contribution is -2.08. The molecule has 0 aromatic heterocycles. The molecular weight excluding hydrogens is 236 g/mol. The van der Waals surface area contributed by atoms with E-state index in [-0.39, 0.29) is 5.43 Å². The average Bonchev–Trinajstić information content (AvgIpc) is 2.60. The van der Waals surface area contributed by atoms with Gasteiger partial charge in [-0.3, -0.25) is 4.79 Å². The summed E-state index contributed by atoms with van der Waals surface area (Å²) in [6.07, 6.45) is 8.51. The molecule has 0 atom stereocenters. The summed E-state index contributed by atoms with van der Waals surface area (Å²) < 4.78 is 5.64. The molecule has 0 spiro atoms. The van der Waals surface area contributed by atoms with Gasteiger partial charge in [-0.05, 0) is 42.0 Å². The molecular formula is C17H20O2. The van der Waals surface area contributed by atoms with Crippen LogP contribution in [0.3, 0.4) is 0 Å². The first-order valence-corrected chi connectivity index (χ1v) is 6.79. The van der Waals surface area contributed by atoms with E-state index in [1.54, 1.807) is 12.1 Å². The Morgan fingerprint density at radius 3 is 2.79 bits per heavy atom. The number of hydrogen-bond donors (Lipinski definition) is 0. The molecule has 0 saturated heterocycles. The largest absolute Gasteiger partial charge is 0.485 e. The number of ether oxygens (including phenoxy) is 1. The van der Waals surface area contributed by atoms with Crippen molar-refractivity contribution in [2.45, 2.75) is 32.6 Å². The predicted molar refractivity (Wildman–Crippen MR) is 78.8 cm³/mol. The van der Waals surface area contributed by atoms with Crippen LogP contribution in [-0.2, 0) is 0 Å². The van der Waals surface area contributed by atoms with Crippen LogP contribution in [0.4, 0.5) is 0 Å². The van der Waals surface area contributed by atoms with Gasteiger partial charge in [0, 0.05) is 0 Å². The van der Waals surface area contributed by atoms with Gasteiger partial charge < -0.3 is 4.74 Å². The summed E-state index contributed by atoms with van der Waals surface area (Å²) in [5.41, 5.74) is 2.13. The van der Waals surface area contributed by atoms with Crippen molar-refractivity contribution in [2.24, 2.45) is 0 Å². The van der Waals surface area contributed by atoms with Crippen molar-refractivity contribution in [3.8, 4) is 5.75 Å². The normalized spacial score (nSPS) is 14.4. The van der Waals surface area contributed by atoms with Crippen molar-refractivity contribution < 1.29 is 4.74 Å². The van der Waals surface area contributed by atoms with E-state index in [4.69, 9.17) is 4.74 Å². The maximum absolute atomic E-state index is 12.1. The SMILES string of the molecule is CC(C)c1cccc(OCC2=CCCC=C2)c(=O)c1. The minimum absolute atomic E-state index is 0.0471. The molecule has 100 valence electrons. The highest BCUT2D eigenvalue weighted by atomic mass is 16.5. The first kappa shape index (κ1) is 13.6. The Morgan fingerprint density at radius 1 is 1.26 bits per heavy atom. The van der Waals surface area contributed by atoms with Crippen molar-refractivity contribution >= 4 is 0 Å². The molecule has 1 aliphatic rings. The Balaban J connectivity index is 2.13. The Morgan fingerprint density at radius 2 is 2.11 bits per heavy atom. The molecule has 0 aliphatic heterocycles. The van der Waals surface area contributed by atoms with Crippen LogP contribution in [-0.4, -0.2) is 6.61 Å². The van der Waals surface area contributed by atoms with E-state index in [1.165, 1.54) is 0 Å². The molecule has 19 heavy (non-hydrogen) atoms. The van der Waals surface area contributed by atoms with Gasteiger partial charge >= 0.3 is 0 Å². The lowest BCUT2D eigenvalue weighted by Gasteiger charge is -2.07. The molecule has 0 N–H and O–H groups in total. The summed E-state index contributed by atoms with van der Waals surface area (Å²) in [5, 5.41) is 0. The van der Waals surface area contributed by atoms with Crippen LogP contribution in [0.15, 0.2) is 52.9 Å². The number of allylic oxidation sites excluding steroid dienone is 2. The molecule has 1 aromatic rings. The maximum atomic E-state index is 12.1. The van der Waals surface area contributed by atoms with Gasteiger partial charge in [-0.25, -0.2) is 0 Å². The van der Waals surface area contributed by atoms with Crippen molar-refractivity contribution in [1.29, 1.82) is 0 Å². The fourth-order valence-electron chi connectivity index (χ4n) is 2.01. The van der Waals surface area contributed by atoms with Crippen LogP contribution in [0, 0.1) is 0 Å². The predicted octanol–water partition coefficient (Wildman–Crippen LogP) is 3.83. The van der Waals surface area contributed by atoms with Crippen molar-refractivity contribution in [1.82, 2.24) is 0 Å². The molecule has 0 bridgehead atoms. The fraction of sp³-hybridized carbons (Fsp3) is 0.353. The highest BCUT2D eigenvalue weighted by molar-refractivity contribution is 5.28. The van der Waals surface area contributed by atoms with E-state index in [1.807, 2.05) is 12.1 Å². The first-order chi connectivity index (χ1) is 9.16. The molecule has 2 rings (SSSR count). The summed E-state index contributed by atoms with van der Waals surface area (Å²) in [6.45, 7) is 4.62. The zero-order valence-corrected chi connectivity index (χ0v) is 11.6. The van der Waals surface area contributed by atoms with Gasteiger partial charge in [-0.2, -0.15) is 0 Å². The second-order valence-electron chi connectivity index (χ2n) is 5.10. The summed E-state index contributed by atoms with van der Waals surface area (Å²) in [5.74, 6) is 0.767. The quantitative estimate of drug-likeness (QED) is 0.818. The minimum atomic E-state index is -0.0471. The molecule has 0 heterocycles. The summed E-state index contributed by atoms with van der Waals surface area (Å²) in [4.78, 5) is 12.1.